The summed E-state index contributed by atoms with van der Waals surface area (Å²) in [6.07, 6.45) is 0.494. The highest BCUT2D eigenvalue weighted by molar-refractivity contribution is 6.34. The SMILES string of the molecule is Cn1cc(C(=O)NCC(O)c2cc(Cl)cc(Cl)c2)ccc1=O. The van der Waals surface area contributed by atoms with Crippen LogP contribution in [0.2, 0.25) is 10.0 Å². The molecular weight excluding hydrogens is 327 g/mol. The van der Waals surface area contributed by atoms with E-state index in [4.69, 9.17) is 23.2 Å². The molecule has 1 heterocycles. The summed E-state index contributed by atoms with van der Waals surface area (Å²) >= 11 is 11.7. The highest BCUT2D eigenvalue weighted by atomic mass is 35.5. The zero-order valence-corrected chi connectivity index (χ0v) is 13.2. The molecule has 2 aromatic rings. The Morgan fingerprint density at radius 2 is 1.91 bits per heavy atom. The molecule has 7 heteroatoms. The maximum absolute atomic E-state index is 12.0. The molecule has 2 rings (SSSR count). The molecule has 0 aliphatic rings. The second kappa shape index (κ2) is 6.96. The summed E-state index contributed by atoms with van der Waals surface area (Å²) in [5.41, 5.74) is 0.641. The molecule has 0 spiro atoms. The van der Waals surface area contributed by atoms with Crippen molar-refractivity contribution in [3.05, 3.63) is 68.1 Å². The monoisotopic (exact) mass is 340 g/mol. The Kier molecular flexibility index (Phi) is 5.24. The van der Waals surface area contributed by atoms with Crippen LogP contribution >= 0.6 is 23.2 Å². The van der Waals surface area contributed by atoms with Crippen molar-refractivity contribution in [3.8, 4) is 0 Å². The fourth-order valence-corrected chi connectivity index (χ4v) is 2.45. The molecule has 0 saturated heterocycles. The summed E-state index contributed by atoms with van der Waals surface area (Å²) in [4.78, 5) is 23.3. The van der Waals surface area contributed by atoms with E-state index in [0.717, 1.165) is 0 Å². The van der Waals surface area contributed by atoms with E-state index in [-0.39, 0.29) is 18.0 Å². The molecule has 1 amide bonds. The minimum atomic E-state index is -0.937. The number of nitrogens with one attached hydrogen (secondary N) is 1. The molecular formula is C15H14Cl2N2O3. The second-order valence-corrected chi connectivity index (χ2v) is 5.67. The van der Waals surface area contributed by atoms with Crippen LogP contribution in [0.4, 0.5) is 0 Å². The number of carbonyl (C=O) groups is 1. The topological polar surface area (TPSA) is 71.3 Å². The van der Waals surface area contributed by atoms with Crippen molar-refractivity contribution >= 4 is 29.1 Å². The summed E-state index contributed by atoms with van der Waals surface area (Å²) < 4.78 is 1.31. The van der Waals surface area contributed by atoms with Gasteiger partial charge in [0.05, 0.1) is 11.7 Å². The molecule has 5 nitrogen and oxygen atoms in total. The first-order valence-corrected chi connectivity index (χ1v) is 7.21. The van der Waals surface area contributed by atoms with Crippen molar-refractivity contribution in [2.24, 2.45) is 7.05 Å². The first-order chi connectivity index (χ1) is 10.4. The molecule has 1 atom stereocenters. The smallest absolute Gasteiger partial charge is 0.252 e. The summed E-state index contributed by atoms with van der Waals surface area (Å²) in [5, 5.41) is 13.5. The number of rotatable bonds is 4. The van der Waals surface area contributed by atoms with Gasteiger partial charge in [-0.1, -0.05) is 23.2 Å². The minimum absolute atomic E-state index is 0.00164. The number of hydrogen-bond donors (Lipinski definition) is 2. The number of aryl methyl sites for hydroxylation is 1. The number of aliphatic hydroxyl groups is 1. The number of nitrogens with zero attached hydrogens (tertiary/aromatic N) is 1. The summed E-state index contributed by atoms with van der Waals surface area (Å²) in [6, 6.07) is 7.46. The van der Waals surface area contributed by atoms with Crippen LogP contribution in [0.25, 0.3) is 0 Å². The Morgan fingerprint density at radius 1 is 1.27 bits per heavy atom. The highest BCUT2D eigenvalue weighted by Gasteiger charge is 2.12. The molecule has 0 aliphatic heterocycles. The van der Waals surface area contributed by atoms with Crippen LogP contribution in [-0.2, 0) is 7.05 Å². The van der Waals surface area contributed by atoms with E-state index < -0.39 is 6.10 Å². The number of carbonyl (C=O) groups excluding carboxylic acids is 1. The molecule has 1 aromatic heterocycles. The molecule has 22 heavy (non-hydrogen) atoms. The van der Waals surface area contributed by atoms with E-state index in [1.54, 1.807) is 25.2 Å². The van der Waals surface area contributed by atoms with Crippen LogP contribution < -0.4 is 10.9 Å². The minimum Gasteiger partial charge on any atom is -0.387 e. The lowest BCUT2D eigenvalue weighted by molar-refractivity contribution is 0.0915. The fourth-order valence-electron chi connectivity index (χ4n) is 1.91. The third kappa shape index (κ3) is 4.10. The van der Waals surface area contributed by atoms with Gasteiger partial charge in [-0.15, -0.1) is 0 Å². The van der Waals surface area contributed by atoms with Crippen molar-refractivity contribution in [1.82, 2.24) is 9.88 Å². The lowest BCUT2D eigenvalue weighted by Gasteiger charge is -2.13. The maximum atomic E-state index is 12.0. The van der Waals surface area contributed by atoms with Gasteiger partial charge in [0.15, 0.2) is 0 Å². The van der Waals surface area contributed by atoms with E-state index in [2.05, 4.69) is 5.32 Å². The van der Waals surface area contributed by atoms with Crippen LogP contribution in [0.15, 0.2) is 41.3 Å². The van der Waals surface area contributed by atoms with Gasteiger partial charge in [-0.3, -0.25) is 9.59 Å². The highest BCUT2D eigenvalue weighted by Crippen LogP contribution is 2.23. The molecule has 1 unspecified atom stereocenters. The normalized spacial score (nSPS) is 12.0. The number of hydrogen-bond acceptors (Lipinski definition) is 3. The maximum Gasteiger partial charge on any atom is 0.252 e. The second-order valence-electron chi connectivity index (χ2n) is 4.80. The number of aromatic nitrogens is 1. The van der Waals surface area contributed by atoms with E-state index in [1.165, 1.54) is 22.9 Å². The van der Waals surface area contributed by atoms with E-state index in [9.17, 15) is 14.7 Å². The number of benzene rings is 1. The van der Waals surface area contributed by atoms with Gasteiger partial charge >= 0.3 is 0 Å². The third-order valence-electron chi connectivity index (χ3n) is 3.07. The molecule has 2 N–H and O–H groups in total. The molecule has 1 aromatic carbocycles. The van der Waals surface area contributed by atoms with Crippen molar-refractivity contribution in [2.75, 3.05) is 6.54 Å². The van der Waals surface area contributed by atoms with Crippen LogP contribution in [-0.4, -0.2) is 22.1 Å². The predicted octanol–water partition coefficient (Wildman–Crippen LogP) is 2.16. The molecule has 0 aliphatic carbocycles. The molecule has 0 fully saturated rings. The summed E-state index contributed by atoms with van der Waals surface area (Å²) in [7, 11) is 1.56. The Bertz CT molecular complexity index is 738. The third-order valence-corrected chi connectivity index (χ3v) is 3.51. The molecule has 0 saturated carbocycles. The Balaban J connectivity index is 2.03. The summed E-state index contributed by atoms with van der Waals surface area (Å²) in [5.74, 6) is -0.386. The van der Waals surface area contributed by atoms with Crippen molar-refractivity contribution in [2.45, 2.75) is 6.10 Å². The standard InChI is InChI=1S/C15H14Cl2N2O3/c1-19-8-9(2-3-14(19)21)15(22)18-7-13(20)10-4-11(16)6-12(17)5-10/h2-6,8,13,20H,7H2,1H3,(H,18,22). The largest absolute Gasteiger partial charge is 0.387 e. The Hall–Kier alpha value is -1.82. The average Bonchev–Trinajstić information content (AvgIpc) is 2.46. The lowest BCUT2D eigenvalue weighted by atomic mass is 10.1. The van der Waals surface area contributed by atoms with Gasteiger partial charge in [0, 0.05) is 35.9 Å². The van der Waals surface area contributed by atoms with Crippen LogP contribution in [0, 0.1) is 0 Å². The average molecular weight is 341 g/mol. The molecule has 0 bridgehead atoms. The number of halogens is 2. The number of pyridine rings is 1. The number of amides is 1. The Morgan fingerprint density at radius 3 is 2.50 bits per heavy atom. The summed E-state index contributed by atoms with van der Waals surface area (Å²) in [6.45, 7) is -0.00164. The van der Waals surface area contributed by atoms with Crippen molar-refractivity contribution < 1.29 is 9.90 Å². The van der Waals surface area contributed by atoms with Gasteiger partial charge in [0.1, 0.15) is 0 Å². The van der Waals surface area contributed by atoms with Crippen molar-refractivity contribution in [1.29, 1.82) is 0 Å². The zero-order chi connectivity index (χ0) is 16.3. The Labute approximate surface area is 137 Å². The number of aliphatic hydroxyl groups excluding tert-OH is 1. The quantitative estimate of drug-likeness (QED) is 0.895. The first-order valence-electron chi connectivity index (χ1n) is 6.46. The van der Waals surface area contributed by atoms with Gasteiger partial charge in [-0.2, -0.15) is 0 Å². The molecule has 116 valence electrons. The lowest BCUT2D eigenvalue weighted by Crippen LogP contribution is -2.29. The van der Waals surface area contributed by atoms with Gasteiger partial charge in [0.2, 0.25) is 5.56 Å². The van der Waals surface area contributed by atoms with Crippen LogP contribution in [0.5, 0.6) is 0 Å². The van der Waals surface area contributed by atoms with Crippen LogP contribution in [0.1, 0.15) is 22.0 Å². The van der Waals surface area contributed by atoms with Gasteiger partial charge in [0.25, 0.3) is 5.91 Å². The van der Waals surface area contributed by atoms with Gasteiger partial charge in [-0.05, 0) is 29.8 Å². The van der Waals surface area contributed by atoms with Crippen LogP contribution in [0.3, 0.4) is 0 Å². The van der Waals surface area contributed by atoms with E-state index >= 15 is 0 Å². The van der Waals surface area contributed by atoms with E-state index in [1.807, 2.05) is 0 Å². The predicted molar refractivity (Wildman–Crippen MR) is 85.4 cm³/mol. The molecule has 0 radical (unpaired) electrons. The fraction of sp³-hybridized carbons (Fsp3) is 0.200. The zero-order valence-electron chi connectivity index (χ0n) is 11.7. The van der Waals surface area contributed by atoms with Gasteiger partial charge in [-0.25, -0.2) is 0 Å². The van der Waals surface area contributed by atoms with Gasteiger partial charge < -0.3 is 15.0 Å². The first kappa shape index (κ1) is 16.5. The van der Waals surface area contributed by atoms with E-state index in [0.29, 0.717) is 21.2 Å². The van der Waals surface area contributed by atoms with Crippen molar-refractivity contribution in [3.63, 3.8) is 0 Å².